The van der Waals surface area contributed by atoms with Gasteiger partial charge >= 0.3 is 0 Å². The number of hydrogen-bond acceptors (Lipinski definition) is 4. The highest BCUT2D eigenvalue weighted by Crippen LogP contribution is 2.33. The maximum atomic E-state index is 5.11. The van der Waals surface area contributed by atoms with Crippen molar-refractivity contribution in [1.29, 1.82) is 0 Å². The van der Waals surface area contributed by atoms with Crippen LogP contribution in [0.5, 0.6) is 0 Å². The molecule has 1 unspecified atom stereocenters. The van der Waals surface area contributed by atoms with Gasteiger partial charge in [-0.05, 0) is 18.9 Å². The average molecular weight is 257 g/mol. The SMILES string of the molecule is COCCCC1CNc2cnc3ccccc3c2N1. The van der Waals surface area contributed by atoms with Crippen LogP contribution in [0.15, 0.2) is 30.5 Å². The van der Waals surface area contributed by atoms with Crippen molar-refractivity contribution in [3.8, 4) is 0 Å². The third kappa shape index (κ3) is 2.49. The van der Waals surface area contributed by atoms with Gasteiger partial charge in [0, 0.05) is 31.7 Å². The van der Waals surface area contributed by atoms with E-state index in [2.05, 4.69) is 27.8 Å². The quantitative estimate of drug-likeness (QED) is 0.827. The van der Waals surface area contributed by atoms with E-state index in [-0.39, 0.29) is 0 Å². The number of hydrogen-bond donors (Lipinski definition) is 2. The Labute approximate surface area is 113 Å². The molecule has 0 saturated carbocycles. The summed E-state index contributed by atoms with van der Waals surface area (Å²) >= 11 is 0. The minimum absolute atomic E-state index is 0.452. The van der Waals surface area contributed by atoms with E-state index in [1.165, 1.54) is 11.1 Å². The summed E-state index contributed by atoms with van der Waals surface area (Å²) in [7, 11) is 1.75. The lowest BCUT2D eigenvalue weighted by Crippen LogP contribution is -2.33. The molecule has 3 rings (SSSR count). The second-order valence-corrected chi connectivity index (χ2v) is 4.92. The van der Waals surface area contributed by atoms with Crippen molar-refractivity contribution in [3.05, 3.63) is 30.5 Å². The number of pyridine rings is 1. The molecule has 100 valence electrons. The summed E-state index contributed by atoms with van der Waals surface area (Å²) in [6.07, 6.45) is 4.10. The van der Waals surface area contributed by atoms with Crippen molar-refractivity contribution < 1.29 is 4.74 Å². The molecule has 0 saturated heterocycles. The van der Waals surface area contributed by atoms with Crippen molar-refractivity contribution in [1.82, 2.24) is 4.98 Å². The van der Waals surface area contributed by atoms with Crippen molar-refractivity contribution in [3.63, 3.8) is 0 Å². The van der Waals surface area contributed by atoms with E-state index in [4.69, 9.17) is 4.74 Å². The van der Waals surface area contributed by atoms with E-state index in [0.29, 0.717) is 6.04 Å². The Bertz CT molecular complexity index is 570. The molecule has 4 nitrogen and oxygen atoms in total. The largest absolute Gasteiger partial charge is 0.385 e. The van der Waals surface area contributed by atoms with E-state index in [9.17, 15) is 0 Å². The molecule has 2 heterocycles. The van der Waals surface area contributed by atoms with Gasteiger partial charge in [-0.1, -0.05) is 18.2 Å². The number of para-hydroxylation sites is 1. The fraction of sp³-hybridized carbons (Fsp3) is 0.400. The summed E-state index contributed by atoms with van der Waals surface area (Å²) in [5, 5.41) is 8.29. The second-order valence-electron chi connectivity index (χ2n) is 4.92. The van der Waals surface area contributed by atoms with Crippen molar-refractivity contribution in [2.45, 2.75) is 18.9 Å². The maximum Gasteiger partial charge on any atom is 0.0769 e. The fourth-order valence-electron chi connectivity index (χ4n) is 2.57. The Morgan fingerprint density at radius 1 is 1.37 bits per heavy atom. The summed E-state index contributed by atoms with van der Waals surface area (Å²) in [5.74, 6) is 0. The lowest BCUT2D eigenvalue weighted by molar-refractivity contribution is 0.191. The Morgan fingerprint density at radius 3 is 3.16 bits per heavy atom. The molecule has 4 heteroatoms. The van der Waals surface area contributed by atoms with Gasteiger partial charge < -0.3 is 15.4 Å². The van der Waals surface area contributed by atoms with E-state index in [0.717, 1.165) is 37.2 Å². The molecule has 0 amide bonds. The second kappa shape index (κ2) is 5.45. The van der Waals surface area contributed by atoms with E-state index in [1.54, 1.807) is 7.11 Å². The van der Waals surface area contributed by atoms with E-state index in [1.807, 2.05) is 18.3 Å². The monoisotopic (exact) mass is 257 g/mol. The van der Waals surface area contributed by atoms with Crippen LogP contribution < -0.4 is 10.6 Å². The molecular formula is C15H19N3O. The number of benzene rings is 1. The molecule has 1 aromatic heterocycles. The number of anilines is 2. The average Bonchev–Trinajstić information content (AvgIpc) is 2.47. The lowest BCUT2D eigenvalue weighted by atomic mass is 10.1. The highest BCUT2D eigenvalue weighted by atomic mass is 16.5. The molecule has 0 spiro atoms. The number of ether oxygens (including phenoxy) is 1. The van der Waals surface area contributed by atoms with Gasteiger partial charge in [0.25, 0.3) is 0 Å². The van der Waals surface area contributed by atoms with Crippen LogP contribution in [0.25, 0.3) is 10.9 Å². The zero-order valence-electron chi connectivity index (χ0n) is 11.1. The summed E-state index contributed by atoms with van der Waals surface area (Å²) < 4.78 is 5.11. The first-order chi connectivity index (χ1) is 9.38. The Balaban J connectivity index is 1.84. The first kappa shape index (κ1) is 12.2. The smallest absolute Gasteiger partial charge is 0.0769 e. The van der Waals surface area contributed by atoms with Gasteiger partial charge in [-0.15, -0.1) is 0 Å². The Morgan fingerprint density at radius 2 is 2.26 bits per heavy atom. The fourth-order valence-corrected chi connectivity index (χ4v) is 2.57. The predicted molar refractivity (Wildman–Crippen MR) is 78.8 cm³/mol. The maximum absolute atomic E-state index is 5.11. The third-order valence-corrected chi connectivity index (χ3v) is 3.56. The van der Waals surface area contributed by atoms with Crippen LogP contribution in [-0.2, 0) is 4.74 Å². The summed E-state index contributed by atoms with van der Waals surface area (Å²) in [5.41, 5.74) is 3.31. The summed E-state index contributed by atoms with van der Waals surface area (Å²) in [6, 6.07) is 8.70. The van der Waals surface area contributed by atoms with E-state index >= 15 is 0 Å². The predicted octanol–water partition coefficient (Wildman–Crippen LogP) is 2.87. The number of rotatable bonds is 4. The van der Waals surface area contributed by atoms with Gasteiger partial charge in [0.05, 0.1) is 23.1 Å². The van der Waals surface area contributed by atoms with Crippen LogP contribution in [-0.4, -0.2) is 31.3 Å². The number of nitrogens with zero attached hydrogens (tertiary/aromatic N) is 1. The van der Waals surface area contributed by atoms with Crippen LogP contribution in [0, 0.1) is 0 Å². The van der Waals surface area contributed by atoms with E-state index < -0.39 is 0 Å². The number of methoxy groups -OCH3 is 1. The zero-order chi connectivity index (χ0) is 13.1. The number of aromatic nitrogens is 1. The van der Waals surface area contributed by atoms with Gasteiger partial charge in [0.2, 0.25) is 0 Å². The van der Waals surface area contributed by atoms with Gasteiger partial charge in [-0.25, -0.2) is 0 Å². The molecule has 19 heavy (non-hydrogen) atoms. The normalized spacial score (nSPS) is 17.6. The zero-order valence-corrected chi connectivity index (χ0v) is 11.1. The van der Waals surface area contributed by atoms with Gasteiger partial charge in [-0.3, -0.25) is 4.98 Å². The molecular weight excluding hydrogens is 238 g/mol. The molecule has 1 aliphatic heterocycles. The minimum Gasteiger partial charge on any atom is -0.385 e. The molecule has 1 aromatic carbocycles. The van der Waals surface area contributed by atoms with Crippen molar-refractivity contribution in [2.75, 3.05) is 30.9 Å². The lowest BCUT2D eigenvalue weighted by Gasteiger charge is -2.29. The minimum atomic E-state index is 0.452. The van der Waals surface area contributed by atoms with Gasteiger partial charge in [0.1, 0.15) is 0 Å². The third-order valence-electron chi connectivity index (χ3n) is 3.56. The standard InChI is InChI=1S/C15H19N3O/c1-19-8-4-5-11-9-16-14-10-17-13-7-3-2-6-12(13)15(14)18-11/h2-3,6-7,10-11,16,18H,4-5,8-9H2,1H3. The molecule has 0 radical (unpaired) electrons. The molecule has 2 N–H and O–H groups in total. The summed E-state index contributed by atoms with van der Waals surface area (Å²) in [4.78, 5) is 4.47. The first-order valence-corrected chi connectivity index (χ1v) is 6.75. The number of nitrogens with one attached hydrogen (secondary N) is 2. The number of fused-ring (bicyclic) bond motifs is 3. The molecule has 2 aromatic rings. The van der Waals surface area contributed by atoms with Gasteiger partial charge in [0.15, 0.2) is 0 Å². The molecule has 1 aliphatic rings. The van der Waals surface area contributed by atoms with Crippen LogP contribution >= 0.6 is 0 Å². The van der Waals surface area contributed by atoms with Gasteiger partial charge in [-0.2, -0.15) is 0 Å². The Hall–Kier alpha value is -1.81. The Kier molecular flexibility index (Phi) is 3.51. The molecule has 0 bridgehead atoms. The molecule has 0 aliphatic carbocycles. The highest BCUT2D eigenvalue weighted by Gasteiger charge is 2.19. The molecule has 1 atom stereocenters. The van der Waals surface area contributed by atoms with Crippen LogP contribution in [0.3, 0.4) is 0 Å². The van der Waals surface area contributed by atoms with Crippen LogP contribution in [0.2, 0.25) is 0 Å². The first-order valence-electron chi connectivity index (χ1n) is 6.75. The van der Waals surface area contributed by atoms with Crippen LogP contribution in [0.1, 0.15) is 12.8 Å². The topological polar surface area (TPSA) is 46.2 Å². The summed E-state index contributed by atoms with van der Waals surface area (Å²) in [6.45, 7) is 1.76. The van der Waals surface area contributed by atoms with Crippen molar-refractivity contribution in [2.24, 2.45) is 0 Å². The molecule has 0 fully saturated rings. The highest BCUT2D eigenvalue weighted by molar-refractivity contribution is 5.98. The van der Waals surface area contributed by atoms with Crippen molar-refractivity contribution >= 4 is 22.3 Å². The van der Waals surface area contributed by atoms with Crippen LogP contribution in [0.4, 0.5) is 11.4 Å².